The number of halogens is 1. The molecule has 0 spiro atoms. The topological polar surface area (TPSA) is 96.0 Å². The largest absolute Gasteiger partial charge is 0.495 e. The number of carbonyl (C=O) groups excluding carboxylic acids is 2. The molecule has 39 heavy (non-hydrogen) atoms. The molecule has 0 aliphatic heterocycles. The third-order valence-electron chi connectivity index (χ3n) is 6.21. The fourth-order valence-electron chi connectivity index (χ4n) is 3.99. The van der Waals surface area contributed by atoms with Gasteiger partial charge < -0.3 is 15.0 Å². The summed E-state index contributed by atoms with van der Waals surface area (Å²) >= 11 is 6.25. The number of carbonyl (C=O) groups is 2. The van der Waals surface area contributed by atoms with Crippen LogP contribution >= 0.6 is 11.6 Å². The normalized spacial score (nSPS) is 11.9. The predicted octanol–water partition coefficient (Wildman–Crippen LogP) is 4.88. The minimum atomic E-state index is -4.22. The second-order valence-electron chi connectivity index (χ2n) is 8.97. The molecule has 3 aromatic rings. The van der Waals surface area contributed by atoms with Gasteiger partial charge in [0.25, 0.3) is 10.0 Å². The van der Waals surface area contributed by atoms with Gasteiger partial charge in [-0.15, -0.1) is 0 Å². The van der Waals surface area contributed by atoms with Crippen LogP contribution in [0.4, 0.5) is 5.69 Å². The summed E-state index contributed by atoms with van der Waals surface area (Å²) in [7, 11) is -2.81. The van der Waals surface area contributed by atoms with Gasteiger partial charge in [-0.2, -0.15) is 0 Å². The maximum absolute atomic E-state index is 13.9. The lowest BCUT2D eigenvalue weighted by molar-refractivity contribution is -0.139. The van der Waals surface area contributed by atoms with Crippen molar-refractivity contribution < 1.29 is 22.7 Å². The Morgan fingerprint density at radius 3 is 2.26 bits per heavy atom. The van der Waals surface area contributed by atoms with Crippen molar-refractivity contribution in [1.82, 2.24) is 10.2 Å². The fourth-order valence-corrected chi connectivity index (χ4v) is 5.59. The summed E-state index contributed by atoms with van der Waals surface area (Å²) in [6, 6.07) is 20.8. The molecule has 0 bridgehead atoms. The van der Waals surface area contributed by atoms with Gasteiger partial charge in [0, 0.05) is 18.1 Å². The summed E-state index contributed by atoms with van der Waals surface area (Å²) in [5, 5.41) is 3.14. The number of nitrogens with zero attached hydrogens (tertiary/aromatic N) is 2. The van der Waals surface area contributed by atoms with Crippen molar-refractivity contribution >= 4 is 39.1 Å². The maximum Gasteiger partial charge on any atom is 0.264 e. The van der Waals surface area contributed by atoms with E-state index in [0.29, 0.717) is 6.54 Å². The van der Waals surface area contributed by atoms with Gasteiger partial charge in [0.15, 0.2) is 0 Å². The molecule has 0 saturated carbocycles. The Labute approximate surface area is 235 Å². The van der Waals surface area contributed by atoms with Crippen LogP contribution in [-0.4, -0.2) is 51.4 Å². The molecule has 0 aliphatic rings. The van der Waals surface area contributed by atoms with Crippen LogP contribution in [-0.2, 0) is 26.2 Å². The van der Waals surface area contributed by atoms with Crippen LogP contribution in [0.1, 0.15) is 32.3 Å². The van der Waals surface area contributed by atoms with E-state index in [1.54, 1.807) is 37.3 Å². The first-order chi connectivity index (χ1) is 18.7. The van der Waals surface area contributed by atoms with Crippen molar-refractivity contribution in [1.29, 1.82) is 0 Å². The van der Waals surface area contributed by atoms with Crippen LogP contribution < -0.4 is 14.4 Å². The van der Waals surface area contributed by atoms with E-state index in [2.05, 4.69) is 5.32 Å². The molecule has 8 nitrogen and oxygen atoms in total. The SMILES string of the molecule is CCCCNC(=O)C(C)N(Cc1ccccc1)C(=O)CN(c1cc(Cl)ccc1OC)S(=O)(=O)c1ccccc1. The van der Waals surface area contributed by atoms with Gasteiger partial charge in [-0.05, 0) is 49.2 Å². The number of rotatable bonds is 13. The third-order valence-corrected chi connectivity index (χ3v) is 8.22. The highest BCUT2D eigenvalue weighted by molar-refractivity contribution is 7.92. The number of sulfonamides is 1. The molecule has 3 aromatic carbocycles. The van der Waals surface area contributed by atoms with E-state index in [9.17, 15) is 18.0 Å². The lowest BCUT2D eigenvalue weighted by atomic mass is 10.1. The molecule has 3 rings (SSSR count). The Kier molecular flexibility index (Phi) is 10.8. The molecule has 0 saturated heterocycles. The van der Waals surface area contributed by atoms with E-state index in [4.69, 9.17) is 16.3 Å². The zero-order valence-electron chi connectivity index (χ0n) is 22.3. The quantitative estimate of drug-likeness (QED) is 0.295. The van der Waals surface area contributed by atoms with Crippen molar-refractivity contribution in [3.8, 4) is 5.75 Å². The molecule has 0 aromatic heterocycles. The second-order valence-corrected chi connectivity index (χ2v) is 11.3. The van der Waals surface area contributed by atoms with E-state index < -0.39 is 28.5 Å². The van der Waals surface area contributed by atoms with Crippen molar-refractivity contribution in [3.63, 3.8) is 0 Å². The molecule has 0 fully saturated rings. The molecule has 0 heterocycles. The fraction of sp³-hybridized carbons (Fsp3) is 0.310. The molecule has 0 radical (unpaired) electrons. The zero-order valence-corrected chi connectivity index (χ0v) is 23.9. The Morgan fingerprint density at radius 2 is 1.64 bits per heavy atom. The van der Waals surface area contributed by atoms with Gasteiger partial charge in [-0.1, -0.05) is 73.5 Å². The van der Waals surface area contributed by atoms with E-state index in [0.717, 1.165) is 22.7 Å². The van der Waals surface area contributed by atoms with Crippen LogP contribution in [0, 0.1) is 0 Å². The summed E-state index contributed by atoms with van der Waals surface area (Å²) in [5.74, 6) is -0.643. The Morgan fingerprint density at radius 1 is 1.00 bits per heavy atom. The number of unbranched alkanes of at least 4 members (excludes halogenated alkanes) is 1. The first kappa shape index (κ1) is 30.0. The van der Waals surface area contributed by atoms with Crippen molar-refractivity contribution in [3.05, 3.63) is 89.4 Å². The number of hydrogen-bond acceptors (Lipinski definition) is 5. The number of nitrogens with one attached hydrogen (secondary N) is 1. The monoisotopic (exact) mass is 571 g/mol. The van der Waals surface area contributed by atoms with Gasteiger partial charge in [0.1, 0.15) is 18.3 Å². The standard InChI is InChI=1S/C29H34ClN3O5S/c1-4-5-18-31-29(35)22(2)32(20-23-12-8-6-9-13-23)28(34)21-33(26-19-24(30)16-17-27(26)38-3)39(36,37)25-14-10-7-11-15-25/h6-17,19,22H,4-5,18,20-21H2,1-3H3,(H,31,35). The van der Waals surface area contributed by atoms with Gasteiger partial charge in [-0.3, -0.25) is 13.9 Å². The predicted molar refractivity (Wildman–Crippen MR) is 153 cm³/mol. The van der Waals surface area contributed by atoms with E-state index in [1.807, 2.05) is 37.3 Å². The first-order valence-corrected chi connectivity index (χ1v) is 14.5. The molecule has 1 atom stereocenters. The average Bonchev–Trinajstić information content (AvgIpc) is 2.95. The number of amides is 2. The zero-order chi connectivity index (χ0) is 28.4. The minimum absolute atomic E-state index is 0.000190. The van der Waals surface area contributed by atoms with E-state index >= 15 is 0 Å². The molecule has 0 aliphatic carbocycles. The Balaban J connectivity index is 2.04. The lowest BCUT2D eigenvalue weighted by Crippen LogP contribution is -2.51. The molecule has 1 unspecified atom stereocenters. The van der Waals surface area contributed by atoms with Crippen molar-refractivity contribution in [2.45, 2.75) is 44.2 Å². The van der Waals surface area contributed by atoms with Gasteiger partial charge in [0.2, 0.25) is 11.8 Å². The van der Waals surface area contributed by atoms with Crippen molar-refractivity contribution in [2.75, 3.05) is 24.5 Å². The maximum atomic E-state index is 13.9. The highest BCUT2D eigenvalue weighted by Gasteiger charge is 2.33. The second kappa shape index (κ2) is 14.0. The molecular formula is C29H34ClN3O5S. The molecule has 2 amide bonds. The van der Waals surface area contributed by atoms with Gasteiger partial charge in [-0.25, -0.2) is 8.42 Å². The number of benzene rings is 3. The molecular weight excluding hydrogens is 538 g/mol. The van der Waals surface area contributed by atoms with Gasteiger partial charge >= 0.3 is 0 Å². The number of methoxy groups -OCH3 is 1. The number of anilines is 1. The Bertz CT molecular complexity index is 1350. The van der Waals surface area contributed by atoms with Crippen molar-refractivity contribution in [2.24, 2.45) is 0 Å². The summed E-state index contributed by atoms with van der Waals surface area (Å²) in [6.45, 7) is 3.69. The third kappa shape index (κ3) is 7.74. The minimum Gasteiger partial charge on any atom is -0.495 e. The molecule has 208 valence electrons. The molecule has 10 heteroatoms. The summed E-state index contributed by atoms with van der Waals surface area (Å²) < 4.78 is 34.2. The van der Waals surface area contributed by atoms with E-state index in [-0.39, 0.29) is 33.8 Å². The summed E-state index contributed by atoms with van der Waals surface area (Å²) in [5.41, 5.74) is 0.916. The van der Waals surface area contributed by atoms with Crippen LogP contribution in [0.15, 0.2) is 83.8 Å². The van der Waals surface area contributed by atoms with Gasteiger partial charge in [0.05, 0.1) is 17.7 Å². The highest BCUT2D eigenvalue weighted by atomic mass is 35.5. The lowest BCUT2D eigenvalue weighted by Gasteiger charge is -2.32. The summed E-state index contributed by atoms with van der Waals surface area (Å²) in [4.78, 5) is 28.3. The molecule has 1 N–H and O–H groups in total. The Hall–Kier alpha value is -3.56. The van der Waals surface area contributed by atoms with Crippen LogP contribution in [0.25, 0.3) is 0 Å². The first-order valence-electron chi connectivity index (χ1n) is 12.7. The smallest absolute Gasteiger partial charge is 0.264 e. The summed E-state index contributed by atoms with van der Waals surface area (Å²) in [6.07, 6.45) is 1.72. The number of ether oxygens (including phenoxy) is 1. The van der Waals surface area contributed by atoms with Crippen LogP contribution in [0.3, 0.4) is 0 Å². The number of hydrogen-bond donors (Lipinski definition) is 1. The highest BCUT2D eigenvalue weighted by Crippen LogP contribution is 2.35. The van der Waals surface area contributed by atoms with E-state index in [1.165, 1.54) is 30.2 Å². The van der Waals surface area contributed by atoms with Crippen LogP contribution in [0.2, 0.25) is 5.02 Å². The van der Waals surface area contributed by atoms with Crippen LogP contribution in [0.5, 0.6) is 5.75 Å². The average molecular weight is 572 g/mol.